The molecule has 8 rings (SSSR count). The quantitative estimate of drug-likeness (QED) is 0.0440. The number of halogens is 1. The first-order valence-corrected chi connectivity index (χ1v) is 23.4. The van der Waals surface area contributed by atoms with Gasteiger partial charge in [-0.25, -0.2) is 29.9 Å². The summed E-state index contributed by atoms with van der Waals surface area (Å²) in [4.78, 5) is 52.0. The molecule has 0 aliphatic heterocycles. The van der Waals surface area contributed by atoms with Crippen molar-refractivity contribution in [1.82, 2.24) is 39.7 Å². The SMILES string of the molecule is CN(C)C/C=C/C(=O)Cl.CN(C)C/C=C/C(=O)Nc1cccc(Nc2cc(Cc3ccc(Oc4ccccc4)cc3)ncn2)n1.Nc1cccc(Nc2cc(Cc3ccc(Oc4ccccc4)cc3)ncn2)n1. The summed E-state index contributed by atoms with van der Waals surface area (Å²) >= 11 is 5.02. The fourth-order valence-corrected chi connectivity index (χ4v) is 6.48. The summed E-state index contributed by atoms with van der Waals surface area (Å²) in [6, 6.07) is 49.9. The number of aromatic nitrogens is 6. The van der Waals surface area contributed by atoms with E-state index in [-0.39, 0.29) is 5.91 Å². The number of pyridine rings is 2. The number of amides is 1. The number of carbonyl (C=O) groups is 2. The molecule has 0 fully saturated rings. The maximum Gasteiger partial charge on any atom is 0.249 e. The van der Waals surface area contributed by atoms with Crippen molar-refractivity contribution in [3.63, 3.8) is 0 Å². The highest BCUT2D eigenvalue weighted by atomic mass is 35.5. The third-order valence-corrected chi connectivity index (χ3v) is 9.89. The largest absolute Gasteiger partial charge is 0.457 e. The molecule has 0 atom stereocenters. The number of anilines is 6. The van der Waals surface area contributed by atoms with Crippen molar-refractivity contribution in [3.8, 4) is 23.0 Å². The second kappa shape index (κ2) is 28.7. The van der Waals surface area contributed by atoms with Gasteiger partial charge in [-0.3, -0.25) is 9.59 Å². The van der Waals surface area contributed by atoms with Gasteiger partial charge in [-0.15, -0.1) is 0 Å². The molecule has 5 N–H and O–H groups in total. The summed E-state index contributed by atoms with van der Waals surface area (Å²) in [6.45, 7) is 1.43. The van der Waals surface area contributed by atoms with Gasteiger partial charge in [0, 0.05) is 44.1 Å². The summed E-state index contributed by atoms with van der Waals surface area (Å²) in [5.74, 6) is 6.37. The number of nitrogen functional groups attached to an aromatic ring is 1. The lowest BCUT2D eigenvalue weighted by Crippen LogP contribution is -2.13. The average molecular weight is 998 g/mol. The Morgan fingerprint density at radius 3 is 1.42 bits per heavy atom. The molecule has 0 saturated carbocycles. The van der Waals surface area contributed by atoms with Gasteiger partial charge in [0.1, 0.15) is 70.6 Å². The number of hydrogen-bond acceptors (Lipinski definition) is 15. The predicted molar refractivity (Wildman–Crippen MR) is 290 cm³/mol. The van der Waals surface area contributed by atoms with Gasteiger partial charge in [0.25, 0.3) is 0 Å². The van der Waals surface area contributed by atoms with Crippen LogP contribution >= 0.6 is 11.6 Å². The zero-order chi connectivity index (χ0) is 51.6. The molecule has 1 amide bonds. The van der Waals surface area contributed by atoms with Crippen molar-refractivity contribution >= 4 is 57.7 Å². The molecule has 4 heterocycles. The number of rotatable bonds is 19. The zero-order valence-electron chi connectivity index (χ0n) is 41.0. The first-order chi connectivity index (χ1) is 35.4. The van der Waals surface area contributed by atoms with Crippen molar-refractivity contribution in [2.75, 3.05) is 63.0 Å². The molecule has 0 saturated heterocycles. The van der Waals surface area contributed by atoms with E-state index in [0.29, 0.717) is 54.3 Å². The highest BCUT2D eigenvalue weighted by molar-refractivity contribution is 6.66. The van der Waals surface area contributed by atoms with E-state index < -0.39 is 5.24 Å². The molecule has 16 nitrogen and oxygen atoms in total. The number of carbonyl (C=O) groups excluding carboxylic acids is 2. The van der Waals surface area contributed by atoms with Crippen LogP contribution in [0.4, 0.5) is 34.9 Å². The Bertz CT molecular complexity index is 3020. The van der Waals surface area contributed by atoms with E-state index in [1.54, 1.807) is 24.3 Å². The predicted octanol–water partition coefficient (Wildman–Crippen LogP) is 10.5. The number of likely N-dealkylation sites (N-methyl/N-ethyl adjacent to an activating group) is 2. The minimum absolute atomic E-state index is 0.231. The van der Waals surface area contributed by atoms with E-state index in [0.717, 1.165) is 52.1 Å². The van der Waals surface area contributed by atoms with Crippen molar-refractivity contribution in [3.05, 3.63) is 217 Å². The molecule has 0 aliphatic carbocycles. The van der Waals surface area contributed by atoms with Gasteiger partial charge < -0.3 is 41.0 Å². The van der Waals surface area contributed by atoms with Crippen molar-refractivity contribution < 1.29 is 19.1 Å². The second-order valence-electron chi connectivity index (χ2n) is 16.5. The highest BCUT2D eigenvalue weighted by Crippen LogP contribution is 2.24. The smallest absolute Gasteiger partial charge is 0.249 e. The van der Waals surface area contributed by atoms with Crippen molar-refractivity contribution in [2.45, 2.75) is 12.8 Å². The first-order valence-electron chi connectivity index (χ1n) is 23.0. The fourth-order valence-electron chi connectivity index (χ4n) is 6.40. The van der Waals surface area contributed by atoms with Gasteiger partial charge in [-0.1, -0.05) is 84.9 Å². The molecular weight excluding hydrogens is 940 g/mol. The third-order valence-electron chi connectivity index (χ3n) is 9.76. The number of nitrogens with two attached hydrogens (primary N) is 1. The molecule has 0 spiro atoms. The minimum Gasteiger partial charge on any atom is -0.457 e. The second-order valence-corrected chi connectivity index (χ2v) is 16.9. The Kier molecular flexibility index (Phi) is 21.1. The number of para-hydroxylation sites is 2. The maximum atomic E-state index is 12.1. The lowest BCUT2D eigenvalue weighted by Gasteiger charge is -2.09. The zero-order valence-corrected chi connectivity index (χ0v) is 41.7. The molecule has 8 aromatic rings. The Balaban J connectivity index is 0.000000208. The maximum absolute atomic E-state index is 12.1. The molecule has 0 unspecified atom stereocenters. The summed E-state index contributed by atoms with van der Waals surface area (Å²) in [7, 11) is 7.72. The molecule has 4 aromatic carbocycles. The van der Waals surface area contributed by atoms with Crippen LogP contribution in [0.2, 0.25) is 0 Å². The van der Waals surface area contributed by atoms with Crippen LogP contribution in [0.5, 0.6) is 23.0 Å². The summed E-state index contributed by atoms with van der Waals surface area (Å²) < 4.78 is 11.7. The molecule has 73 heavy (non-hydrogen) atoms. The number of ether oxygens (including phenoxy) is 2. The van der Waals surface area contributed by atoms with Crippen molar-refractivity contribution in [2.24, 2.45) is 0 Å². The first kappa shape index (κ1) is 53.5. The summed E-state index contributed by atoms with van der Waals surface area (Å²) in [5.41, 5.74) is 9.71. The standard InChI is InChI=1S/C28H28N6O2.C22H19N5O.C6H10ClNO/c1-34(2)17-7-12-28(35)33-26-11-6-10-25(31-26)32-27-19-22(29-20-30-27)18-21-13-15-24(16-14-21)36-23-8-4-3-5-9-23;23-20-7-4-8-21(26-20)27-22-14-17(24-15-25-22)13-16-9-11-19(12-10-16)28-18-5-2-1-3-6-18;1-8(2)5-3-4-6(7)9/h3-16,19-20H,17-18H2,1-2H3,(H2,29,30,31,32,33,35);1-12,14-15H,13H2,(H3,23,24,25,26,27);3-4H,5H2,1-2H3/b12-7+;;4-3+. The van der Waals surface area contributed by atoms with Crippen molar-refractivity contribution in [1.29, 1.82) is 0 Å². The van der Waals surface area contributed by atoms with Gasteiger partial charge in [0.15, 0.2) is 0 Å². The van der Waals surface area contributed by atoms with Crippen LogP contribution in [0.25, 0.3) is 0 Å². The molecule has 4 aromatic heterocycles. The molecule has 372 valence electrons. The minimum atomic E-state index is -0.420. The fraction of sp³-hybridized carbons (Fsp3) is 0.143. The van der Waals surface area contributed by atoms with Gasteiger partial charge in [-0.2, -0.15) is 0 Å². The number of allylic oxidation sites excluding steroid dienone is 1. The normalized spacial score (nSPS) is 10.8. The van der Waals surface area contributed by atoms with Crippen LogP contribution < -0.4 is 31.2 Å². The molecule has 0 bridgehead atoms. The van der Waals surface area contributed by atoms with Crippen LogP contribution in [0.3, 0.4) is 0 Å². The molecular formula is C56H57ClN12O4. The summed E-state index contributed by atoms with van der Waals surface area (Å²) in [6.07, 6.45) is 10.8. The number of nitrogens with one attached hydrogen (secondary N) is 3. The molecule has 17 heteroatoms. The number of hydrogen-bond donors (Lipinski definition) is 4. The van der Waals surface area contributed by atoms with E-state index in [1.807, 2.05) is 184 Å². The van der Waals surface area contributed by atoms with Gasteiger partial charge >= 0.3 is 0 Å². The third kappa shape index (κ3) is 20.6. The Morgan fingerprint density at radius 1 is 0.521 bits per heavy atom. The van der Waals surface area contributed by atoms with Crippen LogP contribution in [0, 0.1) is 0 Å². The lowest BCUT2D eigenvalue weighted by atomic mass is 10.1. The van der Waals surface area contributed by atoms with E-state index in [4.69, 9.17) is 26.8 Å². The number of benzene rings is 4. The van der Waals surface area contributed by atoms with Gasteiger partial charge in [-0.05, 0) is 130 Å². The van der Waals surface area contributed by atoms with E-state index >= 15 is 0 Å². The van der Waals surface area contributed by atoms with Crippen LogP contribution in [0.1, 0.15) is 22.5 Å². The Hall–Kier alpha value is -8.83. The Morgan fingerprint density at radius 2 is 0.959 bits per heavy atom. The van der Waals surface area contributed by atoms with Gasteiger partial charge in [0.2, 0.25) is 11.1 Å². The van der Waals surface area contributed by atoms with E-state index in [1.165, 1.54) is 24.8 Å². The Labute approximate surface area is 430 Å². The monoisotopic (exact) mass is 996 g/mol. The highest BCUT2D eigenvalue weighted by Gasteiger charge is 2.07. The average Bonchev–Trinajstić information content (AvgIpc) is 3.36. The van der Waals surface area contributed by atoms with E-state index in [2.05, 4.69) is 45.9 Å². The van der Waals surface area contributed by atoms with Gasteiger partial charge in [0.05, 0.1) is 11.4 Å². The van der Waals surface area contributed by atoms with E-state index in [9.17, 15) is 9.59 Å². The molecule has 0 radical (unpaired) electrons. The van der Waals surface area contributed by atoms with Crippen LogP contribution in [-0.2, 0) is 22.4 Å². The molecule has 0 aliphatic rings. The van der Waals surface area contributed by atoms with Crippen LogP contribution in [0.15, 0.2) is 195 Å². The van der Waals surface area contributed by atoms with Crippen LogP contribution in [-0.4, -0.2) is 92.1 Å². The topological polar surface area (TPSA) is 199 Å². The number of nitrogens with zero attached hydrogens (tertiary/aromatic N) is 8. The summed E-state index contributed by atoms with van der Waals surface area (Å²) in [5, 5.41) is 8.67. The lowest BCUT2D eigenvalue weighted by molar-refractivity contribution is -0.112.